The number of fused-ring (bicyclic) bond motifs is 1. The van der Waals surface area contributed by atoms with Crippen molar-refractivity contribution in [3.05, 3.63) is 58.1 Å². The number of thioether (sulfide) groups is 1. The van der Waals surface area contributed by atoms with E-state index in [-0.39, 0.29) is 23.6 Å². The normalized spacial score (nSPS) is 17.9. The molecule has 0 spiro atoms. The summed E-state index contributed by atoms with van der Waals surface area (Å²) in [4.78, 5) is 28.1. The predicted octanol–water partition coefficient (Wildman–Crippen LogP) is 3.26. The summed E-state index contributed by atoms with van der Waals surface area (Å²) in [5, 5.41) is 11.6. The van der Waals surface area contributed by atoms with Gasteiger partial charge in [-0.25, -0.2) is 0 Å². The highest BCUT2D eigenvalue weighted by Crippen LogP contribution is 2.40. The molecule has 0 radical (unpaired) electrons. The van der Waals surface area contributed by atoms with Crippen molar-refractivity contribution in [3.8, 4) is 0 Å². The molecule has 0 saturated carbocycles. The van der Waals surface area contributed by atoms with Crippen LogP contribution in [0.2, 0.25) is 0 Å². The van der Waals surface area contributed by atoms with Crippen LogP contribution in [0, 0.1) is 10.1 Å². The summed E-state index contributed by atoms with van der Waals surface area (Å²) in [5.74, 6) is 0. The number of hydrogen-bond donors (Lipinski definition) is 0. The lowest BCUT2D eigenvalue weighted by molar-refractivity contribution is -0.757. The highest BCUT2D eigenvalue weighted by Gasteiger charge is 2.32. The minimum atomic E-state index is -0.837. The van der Waals surface area contributed by atoms with Gasteiger partial charge >= 0.3 is 0 Å². The van der Waals surface area contributed by atoms with Gasteiger partial charge in [0.25, 0.3) is 10.3 Å². The molecule has 22 heavy (non-hydrogen) atoms. The minimum Gasteiger partial charge on any atom is -0.330 e. The summed E-state index contributed by atoms with van der Waals surface area (Å²) < 4.78 is 0. The van der Waals surface area contributed by atoms with Crippen LogP contribution in [0.3, 0.4) is 0 Å². The van der Waals surface area contributed by atoms with Gasteiger partial charge in [0.1, 0.15) is 6.61 Å². The van der Waals surface area contributed by atoms with E-state index in [1.807, 2.05) is 42.5 Å². The van der Waals surface area contributed by atoms with Crippen molar-refractivity contribution < 1.29 is 14.7 Å². The highest BCUT2D eigenvalue weighted by molar-refractivity contribution is 8.14. The maximum absolute atomic E-state index is 12.0. The molecule has 7 heteroatoms. The molecule has 0 aromatic heterocycles. The maximum Gasteiger partial charge on any atom is 0.294 e. The van der Waals surface area contributed by atoms with E-state index in [1.54, 1.807) is 4.90 Å². The molecular formula is C15H14N2O4S. The first-order valence-electron chi connectivity index (χ1n) is 6.85. The van der Waals surface area contributed by atoms with E-state index < -0.39 is 5.09 Å². The highest BCUT2D eigenvalue weighted by atomic mass is 32.2. The van der Waals surface area contributed by atoms with Crippen LogP contribution in [0.4, 0.5) is 4.79 Å². The number of amides is 1. The largest absolute Gasteiger partial charge is 0.330 e. The Labute approximate surface area is 131 Å². The summed E-state index contributed by atoms with van der Waals surface area (Å²) in [7, 11) is 0. The Morgan fingerprint density at radius 3 is 2.86 bits per heavy atom. The third-order valence-electron chi connectivity index (χ3n) is 3.62. The second kappa shape index (κ2) is 6.23. The van der Waals surface area contributed by atoms with Crippen molar-refractivity contribution in [1.29, 1.82) is 0 Å². The van der Waals surface area contributed by atoms with Gasteiger partial charge in [-0.15, -0.1) is 10.1 Å². The van der Waals surface area contributed by atoms with Gasteiger partial charge in [-0.3, -0.25) is 4.79 Å². The molecule has 2 aromatic rings. The van der Waals surface area contributed by atoms with Crippen LogP contribution in [0.15, 0.2) is 42.5 Å². The molecule has 1 heterocycles. The zero-order valence-electron chi connectivity index (χ0n) is 11.7. The molecule has 2 aromatic carbocycles. The Kier molecular flexibility index (Phi) is 4.15. The van der Waals surface area contributed by atoms with E-state index in [9.17, 15) is 14.9 Å². The van der Waals surface area contributed by atoms with Crippen LogP contribution < -0.4 is 0 Å². The third-order valence-corrected chi connectivity index (χ3v) is 4.76. The first kappa shape index (κ1) is 14.6. The van der Waals surface area contributed by atoms with E-state index in [0.29, 0.717) is 6.54 Å². The van der Waals surface area contributed by atoms with Gasteiger partial charge in [0.05, 0.1) is 5.25 Å². The molecular weight excluding hydrogens is 304 g/mol. The Bertz CT molecular complexity index is 716. The summed E-state index contributed by atoms with van der Waals surface area (Å²) in [6, 6.07) is 14.1. The van der Waals surface area contributed by atoms with E-state index in [1.165, 1.54) is 11.8 Å². The molecule has 1 unspecified atom stereocenters. The van der Waals surface area contributed by atoms with E-state index >= 15 is 0 Å². The average Bonchev–Trinajstić information content (AvgIpc) is 2.87. The lowest BCUT2D eigenvalue weighted by Crippen LogP contribution is -2.28. The van der Waals surface area contributed by atoms with Gasteiger partial charge in [0.15, 0.2) is 0 Å². The lowest BCUT2D eigenvalue weighted by Gasteiger charge is -2.15. The fourth-order valence-corrected chi connectivity index (χ4v) is 3.75. The average molecular weight is 318 g/mol. The second-order valence-corrected chi connectivity index (χ2v) is 6.10. The van der Waals surface area contributed by atoms with Gasteiger partial charge in [-0.05, 0) is 16.3 Å². The monoisotopic (exact) mass is 318 g/mol. The molecule has 1 fully saturated rings. The quantitative estimate of drug-likeness (QED) is 0.625. The SMILES string of the molecule is O=C1SC(c2cccc3ccccc23)CN1CCO[N+](=O)[O-]. The maximum atomic E-state index is 12.0. The fourth-order valence-electron chi connectivity index (χ4n) is 2.61. The number of benzene rings is 2. The van der Waals surface area contributed by atoms with Crippen molar-refractivity contribution in [3.63, 3.8) is 0 Å². The van der Waals surface area contributed by atoms with E-state index in [2.05, 4.69) is 4.84 Å². The molecule has 1 saturated heterocycles. The number of hydrogen-bond acceptors (Lipinski definition) is 5. The van der Waals surface area contributed by atoms with Crippen LogP contribution >= 0.6 is 11.8 Å². The van der Waals surface area contributed by atoms with Crippen molar-refractivity contribution in [2.75, 3.05) is 19.7 Å². The molecule has 1 aliphatic heterocycles. The molecule has 1 aliphatic rings. The van der Waals surface area contributed by atoms with E-state index in [4.69, 9.17) is 0 Å². The number of rotatable bonds is 5. The third kappa shape index (κ3) is 2.99. The van der Waals surface area contributed by atoms with Crippen molar-refractivity contribution in [2.45, 2.75) is 5.25 Å². The number of carbonyl (C=O) groups is 1. The first-order valence-corrected chi connectivity index (χ1v) is 7.73. The van der Waals surface area contributed by atoms with E-state index in [0.717, 1.165) is 16.3 Å². The number of carbonyl (C=O) groups excluding carboxylic acids is 1. The smallest absolute Gasteiger partial charge is 0.294 e. The van der Waals surface area contributed by atoms with Crippen molar-refractivity contribution in [1.82, 2.24) is 4.90 Å². The van der Waals surface area contributed by atoms with Crippen LogP contribution in [0.1, 0.15) is 10.8 Å². The molecule has 0 N–H and O–H groups in total. The molecule has 3 rings (SSSR count). The lowest BCUT2D eigenvalue weighted by atomic mass is 10.0. The summed E-state index contributed by atoms with van der Waals surface area (Å²) in [5.41, 5.74) is 1.12. The topological polar surface area (TPSA) is 72.7 Å². The fraction of sp³-hybridized carbons (Fsp3) is 0.267. The minimum absolute atomic E-state index is 0.0363. The Hall–Kier alpha value is -2.28. The van der Waals surface area contributed by atoms with Crippen LogP contribution in [0.5, 0.6) is 0 Å². The molecule has 1 amide bonds. The zero-order valence-corrected chi connectivity index (χ0v) is 12.5. The predicted molar refractivity (Wildman–Crippen MR) is 84.2 cm³/mol. The Morgan fingerprint density at radius 2 is 2.05 bits per heavy atom. The molecule has 1 atom stereocenters. The molecule has 6 nitrogen and oxygen atoms in total. The molecule has 0 aliphatic carbocycles. The van der Waals surface area contributed by atoms with Gasteiger partial charge in [-0.1, -0.05) is 54.2 Å². The molecule has 0 bridgehead atoms. The second-order valence-electron chi connectivity index (χ2n) is 4.94. The zero-order chi connectivity index (χ0) is 15.5. The van der Waals surface area contributed by atoms with Gasteiger partial charge in [-0.2, -0.15) is 0 Å². The van der Waals surface area contributed by atoms with Crippen molar-refractivity contribution in [2.24, 2.45) is 0 Å². The van der Waals surface area contributed by atoms with Crippen LogP contribution in [-0.4, -0.2) is 34.9 Å². The van der Waals surface area contributed by atoms with Crippen LogP contribution in [-0.2, 0) is 4.84 Å². The summed E-state index contributed by atoms with van der Waals surface area (Å²) in [6.45, 7) is 0.675. The van der Waals surface area contributed by atoms with Crippen LogP contribution in [0.25, 0.3) is 10.8 Å². The number of nitrogens with zero attached hydrogens (tertiary/aromatic N) is 2. The first-order chi connectivity index (χ1) is 10.6. The standard InChI is InChI=1S/C15H14N2O4S/c18-15-16(8-9-21-17(19)20)10-14(22-15)13-7-3-5-11-4-1-2-6-12(11)13/h1-7,14H,8-10H2. The summed E-state index contributed by atoms with van der Waals surface area (Å²) in [6.07, 6.45) is 0. The van der Waals surface area contributed by atoms with Gasteiger partial charge < -0.3 is 9.74 Å². The van der Waals surface area contributed by atoms with Gasteiger partial charge in [0, 0.05) is 13.1 Å². The van der Waals surface area contributed by atoms with Gasteiger partial charge in [0.2, 0.25) is 0 Å². The summed E-state index contributed by atoms with van der Waals surface area (Å²) >= 11 is 1.26. The Balaban J connectivity index is 1.76. The Morgan fingerprint density at radius 1 is 1.27 bits per heavy atom. The van der Waals surface area contributed by atoms with Crippen molar-refractivity contribution >= 4 is 27.8 Å². The molecule has 114 valence electrons.